The fourth-order valence-electron chi connectivity index (χ4n) is 4.89. The molecule has 5 rings (SSSR count). The molecule has 2 aromatic carbocycles. The van der Waals surface area contributed by atoms with Crippen LogP contribution in [0.2, 0.25) is 0 Å². The summed E-state index contributed by atoms with van der Waals surface area (Å²) < 4.78 is 19.3. The van der Waals surface area contributed by atoms with Gasteiger partial charge in [-0.2, -0.15) is 5.10 Å². The van der Waals surface area contributed by atoms with E-state index < -0.39 is 11.8 Å². The smallest absolute Gasteiger partial charge is 0.251 e. The second kappa shape index (κ2) is 10.6. The molecule has 3 aromatic rings. The third-order valence-corrected chi connectivity index (χ3v) is 6.61. The second-order valence-corrected chi connectivity index (χ2v) is 10.7. The van der Waals surface area contributed by atoms with E-state index in [-0.39, 0.29) is 30.4 Å². The molecule has 0 bridgehead atoms. The van der Waals surface area contributed by atoms with Crippen LogP contribution in [0.4, 0.5) is 5.82 Å². The number of carbonyl (C=O) groups is 2. The van der Waals surface area contributed by atoms with Gasteiger partial charge >= 0.3 is 0 Å². The summed E-state index contributed by atoms with van der Waals surface area (Å²) in [6.07, 6.45) is 3.66. The molecule has 1 aromatic heterocycles. The summed E-state index contributed by atoms with van der Waals surface area (Å²) in [7, 11) is 0. The topological polar surface area (TPSA) is 94.9 Å². The minimum Gasteiger partial charge on any atom is -0.459 e. The van der Waals surface area contributed by atoms with Gasteiger partial charge in [0, 0.05) is 23.7 Å². The Labute approximate surface area is 222 Å². The van der Waals surface area contributed by atoms with Crippen molar-refractivity contribution in [3.63, 3.8) is 0 Å². The lowest BCUT2D eigenvalue weighted by Crippen LogP contribution is -2.46. The van der Waals surface area contributed by atoms with Gasteiger partial charge in [0.05, 0.1) is 19.7 Å². The Balaban J connectivity index is 1.25. The van der Waals surface area contributed by atoms with Crippen molar-refractivity contribution >= 4 is 28.4 Å². The van der Waals surface area contributed by atoms with Crippen molar-refractivity contribution in [2.45, 2.75) is 58.6 Å². The molecule has 2 aliphatic rings. The number of benzene rings is 2. The molecule has 9 heteroatoms. The predicted molar refractivity (Wildman–Crippen MR) is 143 cm³/mol. The van der Waals surface area contributed by atoms with Gasteiger partial charge in [0.25, 0.3) is 5.91 Å². The molecule has 1 fully saturated rings. The van der Waals surface area contributed by atoms with Crippen molar-refractivity contribution in [2.24, 2.45) is 5.92 Å². The molecular weight excluding hydrogens is 484 g/mol. The highest BCUT2D eigenvalue weighted by Gasteiger charge is 2.35. The highest BCUT2D eigenvalue weighted by molar-refractivity contribution is 6.00. The van der Waals surface area contributed by atoms with Gasteiger partial charge in [-0.15, -0.1) is 0 Å². The number of anilines is 1. The standard InChI is InChI=1S/C29H34N4O5/c1-19(2)14-24(28(35)30-26-12-13-32(31-26)16-22-18-36-29(3,4)38-22)33-17-21(15-27(33)34)37-25-11-7-9-20-8-5-6-10-23(20)25/h5-13,15,19,22,24H,14,16-18H2,1-4H3,(H,30,31,35)/t22-,24+/m1/s1. The van der Waals surface area contributed by atoms with Crippen LogP contribution in [0, 0.1) is 5.92 Å². The van der Waals surface area contributed by atoms with Crippen LogP contribution < -0.4 is 10.1 Å². The number of hydrogen-bond acceptors (Lipinski definition) is 6. The zero-order valence-electron chi connectivity index (χ0n) is 22.2. The maximum Gasteiger partial charge on any atom is 0.251 e. The summed E-state index contributed by atoms with van der Waals surface area (Å²) in [5, 5.41) is 9.39. The van der Waals surface area contributed by atoms with Gasteiger partial charge in [-0.25, -0.2) is 0 Å². The minimum absolute atomic E-state index is 0.115. The van der Waals surface area contributed by atoms with Gasteiger partial charge in [-0.1, -0.05) is 50.2 Å². The normalized spacial score (nSPS) is 19.7. The highest BCUT2D eigenvalue weighted by atomic mass is 16.7. The quantitative estimate of drug-likeness (QED) is 0.453. The second-order valence-electron chi connectivity index (χ2n) is 10.7. The Morgan fingerprint density at radius 2 is 1.97 bits per heavy atom. The maximum atomic E-state index is 13.4. The minimum atomic E-state index is -0.662. The lowest BCUT2D eigenvalue weighted by atomic mass is 10.0. The van der Waals surface area contributed by atoms with Crippen molar-refractivity contribution in [2.75, 3.05) is 18.5 Å². The molecule has 0 spiro atoms. The lowest BCUT2D eigenvalue weighted by molar-refractivity contribution is -0.139. The predicted octanol–water partition coefficient (Wildman–Crippen LogP) is 4.35. The molecule has 0 aliphatic carbocycles. The van der Waals surface area contributed by atoms with Crippen molar-refractivity contribution in [1.82, 2.24) is 14.7 Å². The summed E-state index contributed by atoms with van der Waals surface area (Å²) in [4.78, 5) is 28.0. The van der Waals surface area contributed by atoms with E-state index in [1.165, 1.54) is 6.08 Å². The molecule has 3 heterocycles. The fourth-order valence-corrected chi connectivity index (χ4v) is 4.89. The van der Waals surface area contributed by atoms with Crippen LogP contribution in [0.25, 0.3) is 10.8 Å². The molecule has 0 radical (unpaired) electrons. The van der Waals surface area contributed by atoms with Gasteiger partial charge < -0.3 is 24.4 Å². The molecule has 200 valence electrons. The van der Waals surface area contributed by atoms with Crippen LogP contribution in [-0.4, -0.2) is 57.6 Å². The van der Waals surface area contributed by atoms with Crippen molar-refractivity contribution in [3.8, 4) is 5.75 Å². The van der Waals surface area contributed by atoms with Crippen LogP contribution in [0.15, 0.2) is 66.6 Å². The Bertz CT molecular complexity index is 1360. The third-order valence-electron chi connectivity index (χ3n) is 6.61. The third kappa shape index (κ3) is 5.89. The summed E-state index contributed by atoms with van der Waals surface area (Å²) >= 11 is 0. The molecule has 0 saturated carbocycles. The molecular formula is C29H34N4O5. The molecule has 1 saturated heterocycles. The van der Waals surface area contributed by atoms with Gasteiger partial charge in [0.2, 0.25) is 5.91 Å². The number of carbonyl (C=O) groups excluding carboxylic acids is 2. The first kappa shape index (κ1) is 25.9. The van der Waals surface area contributed by atoms with Crippen LogP contribution in [0.1, 0.15) is 34.1 Å². The Hall–Kier alpha value is -3.69. The van der Waals surface area contributed by atoms with E-state index in [1.54, 1.807) is 21.8 Å². The number of aromatic nitrogens is 2. The number of rotatable bonds is 9. The highest BCUT2D eigenvalue weighted by Crippen LogP contribution is 2.29. The molecule has 38 heavy (non-hydrogen) atoms. The number of nitrogens with zero attached hydrogens (tertiary/aromatic N) is 3. The van der Waals surface area contributed by atoms with Gasteiger partial charge in [0.15, 0.2) is 11.6 Å². The van der Waals surface area contributed by atoms with Gasteiger partial charge in [0.1, 0.15) is 23.7 Å². The summed E-state index contributed by atoms with van der Waals surface area (Å²) in [5.74, 6) is 0.686. The molecule has 2 atom stereocenters. The van der Waals surface area contributed by atoms with E-state index in [4.69, 9.17) is 14.2 Å². The largest absolute Gasteiger partial charge is 0.459 e. The van der Waals surface area contributed by atoms with Gasteiger partial charge in [-0.3, -0.25) is 14.3 Å². The van der Waals surface area contributed by atoms with E-state index in [0.29, 0.717) is 36.9 Å². The van der Waals surface area contributed by atoms with Crippen molar-refractivity contribution in [1.29, 1.82) is 0 Å². The molecule has 1 N–H and O–H groups in total. The molecule has 0 unspecified atom stereocenters. The average Bonchev–Trinajstić information content (AvgIpc) is 3.56. The Morgan fingerprint density at radius 1 is 1.18 bits per heavy atom. The first-order valence-electron chi connectivity index (χ1n) is 13.0. The van der Waals surface area contributed by atoms with E-state index in [9.17, 15) is 9.59 Å². The first-order valence-corrected chi connectivity index (χ1v) is 13.0. The van der Waals surface area contributed by atoms with Crippen molar-refractivity contribution in [3.05, 3.63) is 66.6 Å². The van der Waals surface area contributed by atoms with E-state index in [2.05, 4.69) is 10.4 Å². The maximum absolute atomic E-state index is 13.4. The Morgan fingerprint density at radius 3 is 2.74 bits per heavy atom. The van der Waals surface area contributed by atoms with Crippen LogP contribution in [-0.2, 0) is 25.6 Å². The Kier molecular flexibility index (Phi) is 7.23. The van der Waals surface area contributed by atoms with Gasteiger partial charge in [-0.05, 0) is 37.6 Å². The zero-order chi connectivity index (χ0) is 26.9. The number of amides is 2. The van der Waals surface area contributed by atoms with E-state index in [0.717, 1.165) is 10.8 Å². The lowest BCUT2D eigenvalue weighted by Gasteiger charge is -2.28. The number of fused-ring (bicyclic) bond motifs is 1. The molecule has 2 aliphatic heterocycles. The number of nitrogens with one attached hydrogen (secondary N) is 1. The van der Waals surface area contributed by atoms with E-state index >= 15 is 0 Å². The monoisotopic (exact) mass is 518 g/mol. The number of ether oxygens (including phenoxy) is 3. The van der Waals surface area contributed by atoms with E-state index in [1.807, 2.05) is 70.2 Å². The zero-order valence-corrected chi connectivity index (χ0v) is 22.2. The summed E-state index contributed by atoms with van der Waals surface area (Å²) in [6.45, 7) is 9.03. The summed E-state index contributed by atoms with van der Waals surface area (Å²) in [5.41, 5.74) is 0. The van der Waals surface area contributed by atoms with Crippen LogP contribution in [0.5, 0.6) is 5.75 Å². The fraction of sp³-hybridized carbons (Fsp3) is 0.414. The SMILES string of the molecule is CC(C)C[C@@H](C(=O)Nc1ccn(C[C@@H]2COC(C)(C)O2)n1)N1CC(Oc2cccc3ccccc23)=CC1=O. The average molecular weight is 519 g/mol. The van der Waals surface area contributed by atoms with Crippen LogP contribution in [0.3, 0.4) is 0 Å². The molecule has 9 nitrogen and oxygen atoms in total. The number of hydrogen-bond donors (Lipinski definition) is 1. The van der Waals surface area contributed by atoms with Crippen LogP contribution >= 0.6 is 0 Å². The molecule has 2 amide bonds. The van der Waals surface area contributed by atoms with Crippen molar-refractivity contribution < 1.29 is 23.8 Å². The summed E-state index contributed by atoms with van der Waals surface area (Å²) in [6, 6.07) is 14.8. The first-order chi connectivity index (χ1) is 18.2.